The van der Waals surface area contributed by atoms with Gasteiger partial charge in [0.25, 0.3) is 5.91 Å². The SMILES string of the molecule is O=C1NC(=O)C2(CCN(Cc3ccccc3C(F)(F)F)CC2)N1c1ccccc1. The minimum Gasteiger partial charge on any atom is -0.299 e. The molecule has 2 fully saturated rings. The first-order valence-electron chi connectivity index (χ1n) is 9.39. The van der Waals surface area contributed by atoms with Crippen LogP contribution in [0.5, 0.6) is 0 Å². The molecular formula is C21H20F3N3O2. The van der Waals surface area contributed by atoms with E-state index < -0.39 is 23.3 Å². The third-order valence-corrected chi connectivity index (χ3v) is 5.69. The Morgan fingerprint density at radius 1 is 0.931 bits per heavy atom. The van der Waals surface area contributed by atoms with Gasteiger partial charge in [0, 0.05) is 25.3 Å². The third kappa shape index (κ3) is 3.48. The second kappa shape index (κ2) is 7.18. The van der Waals surface area contributed by atoms with E-state index >= 15 is 0 Å². The zero-order chi connectivity index (χ0) is 20.6. The van der Waals surface area contributed by atoms with E-state index in [9.17, 15) is 22.8 Å². The molecule has 2 saturated heterocycles. The smallest absolute Gasteiger partial charge is 0.299 e. The van der Waals surface area contributed by atoms with Gasteiger partial charge in [-0.05, 0) is 36.6 Å². The molecule has 5 nitrogen and oxygen atoms in total. The number of hydrogen-bond donors (Lipinski definition) is 1. The van der Waals surface area contributed by atoms with Gasteiger partial charge in [0.2, 0.25) is 0 Å². The van der Waals surface area contributed by atoms with E-state index in [0.29, 0.717) is 31.6 Å². The maximum Gasteiger partial charge on any atom is 0.416 e. The number of likely N-dealkylation sites (tertiary alicyclic amines) is 1. The monoisotopic (exact) mass is 403 g/mol. The first-order valence-corrected chi connectivity index (χ1v) is 9.39. The Morgan fingerprint density at radius 2 is 1.55 bits per heavy atom. The number of benzene rings is 2. The fourth-order valence-corrected chi connectivity index (χ4v) is 4.21. The van der Waals surface area contributed by atoms with E-state index in [1.165, 1.54) is 17.0 Å². The van der Waals surface area contributed by atoms with Crippen molar-refractivity contribution in [1.82, 2.24) is 10.2 Å². The van der Waals surface area contributed by atoms with Crippen LogP contribution in [0.1, 0.15) is 24.0 Å². The molecule has 0 aromatic heterocycles. The summed E-state index contributed by atoms with van der Waals surface area (Å²) >= 11 is 0. The number of urea groups is 1. The number of carbonyl (C=O) groups excluding carboxylic acids is 2. The molecule has 0 bridgehead atoms. The number of nitrogens with zero attached hydrogens (tertiary/aromatic N) is 2. The van der Waals surface area contributed by atoms with Crippen molar-refractivity contribution < 1.29 is 22.8 Å². The minimum atomic E-state index is -4.41. The van der Waals surface area contributed by atoms with Crippen LogP contribution in [0.3, 0.4) is 0 Å². The number of rotatable bonds is 3. The summed E-state index contributed by atoms with van der Waals surface area (Å²) < 4.78 is 39.8. The molecular weight excluding hydrogens is 383 g/mol. The van der Waals surface area contributed by atoms with E-state index in [4.69, 9.17) is 0 Å². The van der Waals surface area contributed by atoms with Crippen molar-refractivity contribution in [3.63, 3.8) is 0 Å². The van der Waals surface area contributed by atoms with Gasteiger partial charge in [0.15, 0.2) is 0 Å². The van der Waals surface area contributed by atoms with Gasteiger partial charge in [0.05, 0.1) is 5.56 Å². The third-order valence-electron chi connectivity index (χ3n) is 5.69. The van der Waals surface area contributed by atoms with Crippen LogP contribution in [0.2, 0.25) is 0 Å². The van der Waals surface area contributed by atoms with E-state index in [0.717, 1.165) is 6.07 Å². The average Bonchev–Trinajstić information content (AvgIpc) is 2.93. The Balaban J connectivity index is 1.53. The van der Waals surface area contributed by atoms with Gasteiger partial charge in [0.1, 0.15) is 5.54 Å². The Kier molecular flexibility index (Phi) is 4.82. The molecule has 2 aliphatic heterocycles. The second-order valence-corrected chi connectivity index (χ2v) is 7.39. The number of hydrogen-bond acceptors (Lipinski definition) is 3. The van der Waals surface area contributed by atoms with Gasteiger partial charge in [-0.15, -0.1) is 0 Å². The summed E-state index contributed by atoms with van der Waals surface area (Å²) in [6, 6.07) is 14.0. The van der Waals surface area contributed by atoms with Crippen LogP contribution in [0.25, 0.3) is 0 Å². The number of carbonyl (C=O) groups is 2. The van der Waals surface area contributed by atoms with Gasteiger partial charge in [-0.2, -0.15) is 13.2 Å². The molecule has 1 spiro atoms. The molecule has 0 unspecified atom stereocenters. The number of nitrogens with one attached hydrogen (secondary N) is 1. The summed E-state index contributed by atoms with van der Waals surface area (Å²) in [7, 11) is 0. The first kappa shape index (κ1) is 19.4. The normalized spacial score (nSPS) is 19.6. The molecule has 2 aromatic rings. The van der Waals surface area contributed by atoms with Gasteiger partial charge < -0.3 is 0 Å². The Labute approximate surface area is 166 Å². The van der Waals surface area contributed by atoms with Crippen molar-refractivity contribution in [3.8, 4) is 0 Å². The molecule has 2 heterocycles. The fourth-order valence-electron chi connectivity index (χ4n) is 4.21. The first-order chi connectivity index (χ1) is 13.8. The van der Waals surface area contributed by atoms with E-state index in [1.807, 2.05) is 11.0 Å². The van der Waals surface area contributed by atoms with Crippen molar-refractivity contribution in [1.29, 1.82) is 0 Å². The maximum absolute atomic E-state index is 13.3. The average molecular weight is 403 g/mol. The lowest BCUT2D eigenvalue weighted by Crippen LogP contribution is -2.56. The Hall–Kier alpha value is -2.87. The molecule has 0 atom stereocenters. The largest absolute Gasteiger partial charge is 0.416 e. The second-order valence-electron chi connectivity index (χ2n) is 7.39. The summed E-state index contributed by atoms with van der Waals surface area (Å²) in [5, 5.41) is 2.40. The van der Waals surface area contributed by atoms with Crippen LogP contribution < -0.4 is 10.2 Å². The fraction of sp³-hybridized carbons (Fsp3) is 0.333. The van der Waals surface area contributed by atoms with Gasteiger partial charge in [-0.25, -0.2) is 4.79 Å². The van der Waals surface area contributed by atoms with Crippen molar-refractivity contribution in [2.45, 2.75) is 31.1 Å². The Bertz CT molecular complexity index is 922. The van der Waals surface area contributed by atoms with Crippen molar-refractivity contribution in [2.24, 2.45) is 0 Å². The summed E-state index contributed by atoms with van der Waals surface area (Å²) in [5.74, 6) is -0.346. The van der Waals surface area contributed by atoms with Crippen LogP contribution in [0.4, 0.5) is 23.7 Å². The van der Waals surface area contributed by atoms with E-state index in [1.54, 1.807) is 30.3 Å². The summed E-state index contributed by atoms with van der Waals surface area (Å²) in [4.78, 5) is 28.5. The lowest BCUT2D eigenvalue weighted by Gasteiger charge is -2.42. The summed E-state index contributed by atoms with van der Waals surface area (Å²) in [6.07, 6.45) is -3.70. The highest BCUT2D eigenvalue weighted by molar-refractivity contribution is 6.17. The summed E-state index contributed by atoms with van der Waals surface area (Å²) in [6.45, 7) is 0.971. The lowest BCUT2D eigenvalue weighted by atomic mass is 9.85. The highest BCUT2D eigenvalue weighted by Gasteiger charge is 2.54. The molecule has 3 amide bonds. The van der Waals surface area contributed by atoms with Crippen LogP contribution in [0.15, 0.2) is 54.6 Å². The maximum atomic E-state index is 13.3. The molecule has 29 heavy (non-hydrogen) atoms. The van der Waals surface area contributed by atoms with Gasteiger partial charge in [-0.3, -0.25) is 19.9 Å². The van der Waals surface area contributed by atoms with E-state index in [2.05, 4.69) is 5.32 Å². The number of halogens is 3. The topological polar surface area (TPSA) is 52.7 Å². The molecule has 4 rings (SSSR count). The number of amides is 3. The number of piperidine rings is 1. The molecule has 1 N–H and O–H groups in total. The highest BCUT2D eigenvalue weighted by atomic mass is 19.4. The quantitative estimate of drug-likeness (QED) is 0.794. The van der Waals surface area contributed by atoms with Crippen molar-refractivity contribution >= 4 is 17.6 Å². The van der Waals surface area contributed by atoms with E-state index in [-0.39, 0.29) is 18.0 Å². The number of alkyl halides is 3. The predicted octanol–water partition coefficient (Wildman–Crippen LogP) is 3.80. The van der Waals surface area contributed by atoms with Crippen LogP contribution in [-0.2, 0) is 17.5 Å². The zero-order valence-electron chi connectivity index (χ0n) is 15.6. The van der Waals surface area contributed by atoms with Crippen LogP contribution in [0, 0.1) is 0 Å². The van der Waals surface area contributed by atoms with Crippen molar-refractivity contribution in [3.05, 3.63) is 65.7 Å². The van der Waals surface area contributed by atoms with Gasteiger partial charge >= 0.3 is 12.2 Å². The molecule has 8 heteroatoms. The predicted molar refractivity (Wildman–Crippen MR) is 101 cm³/mol. The number of imide groups is 1. The number of para-hydroxylation sites is 1. The highest BCUT2D eigenvalue weighted by Crippen LogP contribution is 2.38. The molecule has 0 saturated carbocycles. The molecule has 0 aliphatic carbocycles. The molecule has 2 aliphatic rings. The number of anilines is 1. The van der Waals surface area contributed by atoms with Crippen LogP contribution >= 0.6 is 0 Å². The minimum absolute atomic E-state index is 0.146. The standard InChI is InChI=1S/C21H20F3N3O2/c22-21(23,24)17-9-5-4-6-15(17)14-26-12-10-20(11-13-26)18(28)25-19(29)27(20)16-7-2-1-3-8-16/h1-9H,10-14H2,(H,25,28,29). The Morgan fingerprint density at radius 3 is 2.21 bits per heavy atom. The van der Waals surface area contributed by atoms with Crippen molar-refractivity contribution in [2.75, 3.05) is 18.0 Å². The van der Waals surface area contributed by atoms with Gasteiger partial charge in [-0.1, -0.05) is 36.4 Å². The lowest BCUT2D eigenvalue weighted by molar-refractivity contribution is -0.138. The molecule has 2 aromatic carbocycles. The molecule has 152 valence electrons. The molecule has 0 radical (unpaired) electrons. The summed E-state index contributed by atoms with van der Waals surface area (Å²) in [5.41, 5.74) is -0.798. The van der Waals surface area contributed by atoms with Crippen LogP contribution in [-0.4, -0.2) is 35.5 Å². The zero-order valence-corrected chi connectivity index (χ0v) is 15.6.